The molecular formula is C13H27NO. The molecule has 0 aromatic carbocycles. The first-order valence-electron chi connectivity index (χ1n) is 6.20. The molecule has 2 nitrogen and oxygen atoms in total. The zero-order valence-corrected chi connectivity index (χ0v) is 10.5. The Kier molecular flexibility index (Phi) is 11.5. The van der Waals surface area contributed by atoms with Gasteiger partial charge in [0.15, 0.2) is 0 Å². The van der Waals surface area contributed by atoms with Gasteiger partial charge in [0.1, 0.15) is 0 Å². The highest BCUT2D eigenvalue weighted by Crippen LogP contribution is 2.01. The molecule has 0 atom stereocenters. The Hall–Kier alpha value is -0.340. The Morgan fingerprint density at radius 3 is 2.53 bits per heavy atom. The standard InChI is InChI=1S/C13H27NO/c1-4-14-10-7-5-6-8-11-15-12-9-13(2)3/h14H,2,4-12H2,1,3H3. The van der Waals surface area contributed by atoms with Crippen LogP contribution in [-0.2, 0) is 4.74 Å². The monoisotopic (exact) mass is 213 g/mol. The summed E-state index contributed by atoms with van der Waals surface area (Å²) >= 11 is 0. The number of nitrogens with one attached hydrogen (secondary N) is 1. The second-order valence-corrected chi connectivity index (χ2v) is 4.09. The van der Waals surface area contributed by atoms with Gasteiger partial charge in [-0.1, -0.05) is 25.3 Å². The molecule has 0 unspecified atom stereocenters. The van der Waals surface area contributed by atoms with Crippen LogP contribution in [0.25, 0.3) is 0 Å². The van der Waals surface area contributed by atoms with Gasteiger partial charge in [-0.05, 0) is 39.3 Å². The van der Waals surface area contributed by atoms with Gasteiger partial charge in [0.2, 0.25) is 0 Å². The molecule has 0 rings (SSSR count). The van der Waals surface area contributed by atoms with Crippen LogP contribution >= 0.6 is 0 Å². The van der Waals surface area contributed by atoms with E-state index in [1.165, 1.54) is 31.3 Å². The maximum absolute atomic E-state index is 5.50. The smallest absolute Gasteiger partial charge is 0.0502 e. The third-order valence-corrected chi connectivity index (χ3v) is 2.32. The second kappa shape index (κ2) is 11.7. The molecule has 0 aliphatic carbocycles. The summed E-state index contributed by atoms with van der Waals surface area (Å²) in [5.74, 6) is 0. The van der Waals surface area contributed by atoms with E-state index >= 15 is 0 Å². The Morgan fingerprint density at radius 2 is 1.87 bits per heavy atom. The fraction of sp³-hybridized carbons (Fsp3) is 0.846. The zero-order chi connectivity index (χ0) is 11.4. The van der Waals surface area contributed by atoms with Crippen molar-refractivity contribution in [1.82, 2.24) is 5.32 Å². The molecule has 0 heterocycles. The van der Waals surface area contributed by atoms with E-state index in [1.54, 1.807) is 0 Å². The van der Waals surface area contributed by atoms with Crippen LogP contribution in [0.3, 0.4) is 0 Å². The van der Waals surface area contributed by atoms with Crippen molar-refractivity contribution in [3.05, 3.63) is 12.2 Å². The van der Waals surface area contributed by atoms with Gasteiger partial charge in [-0.25, -0.2) is 0 Å². The number of hydrogen-bond donors (Lipinski definition) is 1. The van der Waals surface area contributed by atoms with Gasteiger partial charge in [-0.2, -0.15) is 0 Å². The Morgan fingerprint density at radius 1 is 1.13 bits per heavy atom. The molecule has 1 N–H and O–H groups in total. The number of rotatable bonds is 11. The van der Waals surface area contributed by atoms with Crippen LogP contribution in [0.15, 0.2) is 12.2 Å². The molecule has 0 aliphatic heterocycles. The topological polar surface area (TPSA) is 21.3 Å². The Bertz CT molecular complexity index is 145. The van der Waals surface area contributed by atoms with Crippen molar-refractivity contribution in [2.75, 3.05) is 26.3 Å². The minimum atomic E-state index is 0.840. The molecule has 15 heavy (non-hydrogen) atoms. The quantitative estimate of drug-likeness (QED) is 0.420. The minimum absolute atomic E-state index is 0.840. The molecule has 0 aliphatic rings. The SMILES string of the molecule is C=C(C)CCOCCCCCCNCC. The summed E-state index contributed by atoms with van der Waals surface area (Å²) in [5, 5.41) is 3.33. The predicted molar refractivity (Wildman–Crippen MR) is 67.3 cm³/mol. The van der Waals surface area contributed by atoms with Gasteiger partial charge in [0.25, 0.3) is 0 Å². The van der Waals surface area contributed by atoms with E-state index < -0.39 is 0 Å². The summed E-state index contributed by atoms with van der Waals surface area (Å²) in [7, 11) is 0. The summed E-state index contributed by atoms with van der Waals surface area (Å²) in [6.07, 6.45) is 6.09. The van der Waals surface area contributed by atoms with E-state index in [-0.39, 0.29) is 0 Å². The van der Waals surface area contributed by atoms with Crippen molar-refractivity contribution in [2.45, 2.75) is 46.0 Å². The van der Waals surface area contributed by atoms with Gasteiger partial charge in [-0.15, -0.1) is 6.58 Å². The summed E-state index contributed by atoms with van der Waals surface area (Å²) in [6.45, 7) is 12.0. The van der Waals surface area contributed by atoms with Crippen molar-refractivity contribution in [1.29, 1.82) is 0 Å². The molecular weight excluding hydrogens is 186 g/mol. The lowest BCUT2D eigenvalue weighted by Crippen LogP contribution is -2.13. The Balaban J connectivity index is 2.89. The molecule has 0 radical (unpaired) electrons. The maximum Gasteiger partial charge on any atom is 0.0502 e. The average Bonchev–Trinajstić information content (AvgIpc) is 2.20. The highest BCUT2D eigenvalue weighted by molar-refractivity contribution is 4.86. The van der Waals surface area contributed by atoms with E-state index in [0.29, 0.717) is 0 Å². The van der Waals surface area contributed by atoms with Crippen molar-refractivity contribution in [3.63, 3.8) is 0 Å². The first-order chi connectivity index (χ1) is 7.27. The molecule has 0 aromatic rings. The molecule has 0 fully saturated rings. The van der Waals surface area contributed by atoms with Crippen LogP contribution in [0, 0.1) is 0 Å². The molecule has 0 aromatic heterocycles. The first-order valence-corrected chi connectivity index (χ1v) is 6.20. The van der Waals surface area contributed by atoms with Gasteiger partial charge >= 0.3 is 0 Å². The lowest BCUT2D eigenvalue weighted by molar-refractivity contribution is 0.133. The zero-order valence-electron chi connectivity index (χ0n) is 10.5. The van der Waals surface area contributed by atoms with Crippen LogP contribution in [0.2, 0.25) is 0 Å². The maximum atomic E-state index is 5.50. The third kappa shape index (κ3) is 13.7. The van der Waals surface area contributed by atoms with Crippen molar-refractivity contribution in [2.24, 2.45) is 0 Å². The van der Waals surface area contributed by atoms with Gasteiger partial charge in [0.05, 0.1) is 6.61 Å². The van der Waals surface area contributed by atoms with E-state index in [9.17, 15) is 0 Å². The average molecular weight is 213 g/mol. The summed E-state index contributed by atoms with van der Waals surface area (Å²) in [6, 6.07) is 0. The van der Waals surface area contributed by atoms with Crippen LogP contribution in [0.1, 0.15) is 46.0 Å². The van der Waals surface area contributed by atoms with Gasteiger partial charge in [-0.3, -0.25) is 0 Å². The van der Waals surface area contributed by atoms with Crippen molar-refractivity contribution in [3.8, 4) is 0 Å². The molecule has 0 saturated carbocycles. The minimum Gasteiger partial charge on any atom is -0.381 e. The normalized spacial score (nSPS) is 10.5. The summed E-state index contributed by atoms with van der Waals surface area (Å²) in [4.78, 5) is 0. The van der Waals surface area contributed by atoms with Crippen molar-refractivity contribution >= 4 is 0 Å². The summed E-state index contributed by atoms with van der Waals surface area (Å²) < 4.78 is 5.50. The van der Waals surface area contributed by atoms with E-state index in [2.05, 4.69) is 18.8 Å². The van der Waals surface area contributed by atoms with E-state index in [1.807, 2.05) is 6.92 Å². The highest BCUT2D eigenvalue weighted by Gasteiger charge is 1.91. The van der Waals surface area contributed by atoms with E-state index in [4.69, 9.17) is 4.74 Å². The molecule has 90 valence electrons. The molecule has 0 bridgehead atoms. The van der Waals surface area contributed by atoms with E-state index in [0.717, 1.165) is 32.7 Å². The fourth-order valence-electron chi connectivity index (χ4n) is 1.33. The van der Waals surface area contributed by atoms with Crippen LogP contribution in [-0.4, -0.2) is 26.3 Å². The largest absolute Gasteiger partial charge is 0.381 e. The van der Waals surface area contributed by atoms with Gasteiger partial charge < -0.3 is 10.1 Å². The van der Waals surface area contributed by atoms with Gasteiger partial charge in [0, 0.05) is 6.61 Å². The highest BCUT2D eigenvalue weighted by atomic mass is 16.5. The summed E-state index contributed by atoms with van der Waals surface area (Å²) in [5.41, 5.74) is 1.21. The number of unbranched alkanes of at least 4 members (excludes halogenated alkanes) is 3. The fourth-order valence-corrected chi connectivity index (χ4v) is 1.33. The predicted octanol–water partition coefficient (Wildman–Crippen LogP) is 3.14. The van der Waals surface area contributed by atoms with Crippen LogP contribution in [0.4, 0.5) is 0 Å². The first kappa shape index (κ1) is 14.7. The lowest BCUT2D eigenvalue weighted by atomic mass is 10.2. The second-order valence-electron chi connectivity index (χ2n) is 4.09. The third-order valence-electron chi connectivity index (χ3n) is 2.32. The Labute approximate surface area is 95.1 Å². The lowest BCUT2D eigenvalue weighted by Gasteiger charge is -2.04. The molecule has 0 spiro atoms. The van der Waals surface area contributed by atoms with Crippen LogP contribution < -0.4 is 5.32 Å². The molecule has 0 amide bonds. The molecule has 2 heteroatoms. The van der Waals surface area contributed by atoms with Crippen LogP contribution in [0.5, 0.6) is 0 Å². The number of hydrogen-bond acceptors (Lipinski definition) is 2. The van der Waals surface area contributed by atoms with Crippen molar-refractivity contribution < 1.29 is 4.74 Å². The number of ether oxygens (including phenoxy) is 1. The molecule has 0 saturated heterocycles.